The van der Waals surface area contributed by atoms with Crippen molar-refractivity contribution in [1.29, 1.82) is 0 Å². The van der Waals surface area contributed by atoms with Crippen LogP contribution >= 0.6 is 11.6 Å². The van der Waals surface area contributed by atoms with Gasteiger partial charge in [0.15, 0.2) is 13.2 Å². The molecule has 128 valence electrons. The van der Waals surface area contributed by atoms with Crippen LogP contribution in [0.15, 0.2) is 53.1 Å². The number of carbonyl (C=O) groups is 1. The van der Waals surface area contributed by atoms with Crippen molar-refractivity contribution in [2.75, 3.05) is 0 Å². The van der Waals surface area contributed by atoms with Crippen LogP contribution in [0.4, 0.5) is 4.39 Å². The maximum atomic E-state index is 12.8. The van der Waals surface area contributed by atoms with Crippen molar-refractivity contribution in [3.63, 3.8) is 0 Å². The third kappa shape index (κ3) is 4.77. The van der Waals surface area contributed by atoms with Crippen LogP contribution in [-0.2, 0) is 18.0 Å². The smallest absolute Gasteiger partial charge is 0.338 e. The Morgan fingerprint density at radius 3 is 2.72 bits per heavy atom. The lowest BCUT2D eigenvalue weighted by Crippen LogP contribution is -2.05. The molecule has 0 saturated heterocycles. The van der Waals surface area contributed by atoms with E-state index in [0.29, 0.717) is 16.3 Å². The van der Waals surface area contributed by atoms with Gasteiger partial charge in [-0.3, -0.25) is 0 Å². The van der Waals surface area contributed by atoms with E-state index < -0.39 is 5.97 Å². The average molecular weight is 363 g/mol. The number of halogens is 2. The second kappa shape index (κ2) is 7.76. The van der Waals surface area contributed by atoms with Gasteiger partial charge in [-0.25, -0.2) is 9.18 Å². The fourth-order valence-corrected chi connectivity index (χ4v) is 2.10. The highest BCUT2D eigenvalue weighted by Crippen LogP contribution is 2.14. The summed E-state index contributed by atoms with van der Waals surface area (Å²) in [4.78, 5) is 15.9. The van der Waals surface area contributed by atoms with Gasteiger partial charge >= 0.3 is 5.97 Å². The van der Waals surface area contributed by atoms with E-state index in [9.17, 15) is 9.18 Å². The van der Waals surface area contributed by atoms with Crippen LogP contribution in [0.5, 0.6) is 5.75 Å². The summed E-state index contributed by atoms with van der Waals surface area (Å²) in [5, 5.41) is 4.15. The number of ether oxygens (including phenoxy) is 2. The number of esters is 1. The summed E-state index contributed by atoms with van der Waals surface area (Å²) in [6.45, 7) is -0.133. The third-order valence-electron chi connectivity index (χ3n) is 3.08. The largest absolute Gasteiger partial charge is 0.485 e. The summed E-state index contributed by atoms with van der Waals surface area (Å²) in [5.41, 5.74) is 0.326. The molecule has 0 atom stereocenters. The minimum absolute atomic E-state index is 0.0391. The van der Waals surface area contributed by atoms with Crippen LogP contribution in [0.1, 0.15) is 22.1 Å². The molecule has 1 aromatic heterocycles. The average Bonchev–Trinajstić information content (AvgIpc) is 3.07. The molecular formula is C17H12ClFN2O4. The standard InChI is InChI=1S/C17H12ClFN2O4/c18-12-3-1-2-11(8-12)17(22)24-10-16-20-15(21-25-16)9-23-14-6-4-13(19)5-7-14/h1-8H,9-10H2. The fraction of sp³-hybridized carbons (Fsp3) is 0.118. The Labute approximate surface area is 147 Å². The first-order chi connectivity index (χ1) is 12.1. The third-order valence-corrected chi connectivity index (χ3v) is 3.31. The molecule has 8 heteroatoms. The second-order valence-corrected chi connectivity index (χ2v) is 5.37. The molecule has 0 saturated carbocycles. The van der Waals surface area contributed by atoms with E-state index in [-0.39, 0.29) is 30.7 Å². The summed E-state index contributed by atoms with van der Waals surface area (Å²) in [6, 6.07) is 11.9. The molecular weight excluding hydrogens is 351 g/mol. The zero-order valence-electron chi connectivity index (χ0n) is 12.8. The van der Waals surface area contributed by atoms with Crippen molar-refractivity contribution >= 4 is 17.6 Å². The summed E-state index contributed by atoms with van der Waals surface area (Å²) in [5.74, 6) is -0.0214. The van der Waals surface area contributed by atoms with E-state index in [1.165, 1.54) is 30.3 Å². The molecule has 3 aromatic rings. The molecule has 0 N–H and O–H groups in total. The van der Waals surface area contributed by atoms with Crippen LogP contribution < -0.4 is 4.74 Å². The Kier molecular flexibility index (Phi) is 5.25. The van der Waals surface area contributed by atoms with Gasteiger partial charge in [0, 0.05) is 5.02 Å². The molecule has 2 aromatic carbocycles. The molecule has 25 heavy (non-hydrogen) atoms. The molecule has 0 bridgehead atoms. The molecule has 0 unspecified atom stereocenters. The predicted molar refractivity (Wildman–Crippen MR) is 85.6 cm³/mol. The number of nitrogens with zero attached hydrogens (tertiary/aromatic N) is 2. The minimum atomic E-state index is -0.551. The van der Waals surface area contributed by atoms with Gasteiger partial charge < -0.3 is 14.0 Å². The van der Waals surface area contributed by atoms with Gasteiger partial charge in [0.1, 0.15) is 11.6 Å². The lowest BCUT2D eigenvalue weighted by Gasteiger charge is -2.02. The first-order valence-corrected chi connectivity index (χ1v) is 7.60. The molecule has 6 nitrogen and oxygen atoms in total. The Morgan fingerprint density at radius 2 is 1.96 bits per heavy atom. The van der Waals surface area contributed by atoms with Gasteiger partial charge in [-0.05, 0) is 42.5 Å². The number of rotatable bonds is 6. The molecule has 0 spiro atoms. The van der Waals surface area contributed by atoms with Gasteiger partial charge in [0.25, 0.3) is 5.89 Å². The Morgan fingerprint density at radius 1 is 1.16 bits per heavy atom. The van der Waals surface area contributed by atoms with Crippen LogP contribution in [-0.4, -0.2) is 16.1 Å². The van der Waals surface area contributed by atoms with Crippen molar-refractivity contribution in [2.45, 2.75) is 13.2 Å². The van der Waals surface area contributed by atoms with Crippen LogP contribution in [0.25, 0.3) is 0 Å². The quantitative estimate of drug-likeness (QED) is 0.621. The molecule has 0 radical (unpaired) electrons. The summed E-state index contributed by atoms with van der Waals surface area (Å²) < 4.78 is 28.3. The monoisotopic (exact) mass is 362 g/mol. The molecule has 0 amide bonds. The van der Waals surface area contributed by atoms with Gasteiger partial charge in [0.2, 0.25) is 5.82 Å². The Bertz CT molecular complexity index is 867. The number of hydrogen-bond donors (Lipinski definition) is 0. The second-order valence-electron chi connectivity index (χ2n) is 4.93. The van der Waals surface area contributed by atoms with E-state index >= 15 is 0 Å². The van der Waals surface area contributed by atoms with Gasteiger partial charge in [-0.15, -0.1) is 0 Å². The molecule has 1 heterocycles. The highest BCUT2D eigenvalue weighted by Gasteiger charge is 2.12. The van der Waals surface area contributed by atoms with Crippen molar-refractivity contribution in [2.24, 2.45) is 0 Å². The van der Waals surface area contributed by atoms with E-state index in [1.54, 1.807) is 18.2 Å². The Hall–Kier alpha value is -2.93. The van der Waals surface area contributed by atoms with Crippen LogP contribution in [0, 0.1) is 5.82 Å². The first kappa shape index (κ1) is 16.9. The number of benzene rings is 2. The van der Waals surface area contributed by atoms with E-state index in [4.69, 9.17) is 25.6 Å². The van der Waals surface area contributed by atoms with Gasteiger partial charge in [-0.1, -0.05) is 22.8 Å². The van der Waals surface area contributed by atoms with Crippen molar-refractivity contribution < 1.29 is 23.2 Å². The van der Waals surface area contributed by atoms with E-state index in [2.05, 4.69) is 10.1 Å². The Balaban J connectivity index is 1.51. The van der Waals surface area contributed by atoms with Crippen molar-refractivity contribution in [3.8, 4) is 5.75 Å². The van der Waals surface area contributed by atoms with Crippen molar-refractivity contribution in [3.05, 3.63) is 76.6 Å². The molecule has 0 aliphatic carbocycles. The summed E-state index contributed by atoms with van der Waals surface area (Å²) in [7, 11) is 0. The maximum absolute atomic E-state index is 12.8. The number of carbonyl (C=O) groups excluding carboxylic acids is 1. The SMILES string of the molecule is O=C(OCc1nc(COc2ccc(F)cc2)no1)c1cccc(Cl)c1. The summed E-state index contributed by atoms with van der Waals surface area (Å²) in [6.07, 6.45) is 0. The molecule has 3 rings (SSSR count). The predicted octanol–water partition coefficient (Wildman–Crippen LogP) is 3.80. The van der Waals surface area contributed by atoms with Crippen LogP contribution in [0.3, 0.4) is 0 Å². The lowest BCUT2D eigenvalue weighted by atomic mass is 10.2. The van der Waals surface area contributed by atoms with Gasteiger partial charge in [0.05, 0.1) is 5.56 Å². The molecule has 0 aliphatic rings. The van der Waals surface area contributed by atoms with Crippen LogP contribution in [0.2, 0.25) is 5.02 Å². The highest BCUT2D eigenvalue weighted by atomic mass is 35.5. The molecule has 0 aliphatic heterocycles. The number of aromatic nitrogens is 2. The topological polar surface area (TPSA) is 74.5 Å². The first-order valence-electron chi connectivity index (χ1n) is 7.23. The fourth-order valence-electron chi connectivity index (χ4n) is 1.91. The minimum Gasteiger partial charge on any atom is -0.485 e. The van der Waals surface area contributed by atoms with E-state index in [0.717, 1.165) is 0 Å². The zero-order chi connectivity index (χ0) is 17.6. The highest BCUT2D eigenvalue weighted by molar-refractivity contribution is 6.30. The maximum Gasteiger partial charge on any atom is 0.338 e. The lowest BCUT2D eigenvalue weighted by molar-refractivity contribution is 0.0430. The molecule has 0 fully saturated rings. The zero-order valence-corrected chi connectivity index (χ0v) is 13.6. The number of hydrogen-bond acceptors (Lipinski definition) is 6. The van der Waals surface area contributed by atoms with Gasteiger partial charge in [-0.2, -0.15) is 4.98 Å². The normalized spacial score (nSPS) is 10.5. The van der Waals surface area contributed by atoms with Crippen molar-refractivity contribution in [1.82, 2.24) is 10.1 Å². The van der Waals surface area contributed by atoms with E-state index in [1.807, 2.05) is 0 Å². The summed E-state index contributed by atoms with van der Waals surface area (Å²) >= 11 is 5.82.